The SMILES string of the molecule is N[C@@H]1CCN(C(=O)[C@@H]2CN(Cc3ccc(-c4ccc(F)cc4)cc3)CCN2S(=O)(=O)c2ccc(OCC3CCCCC3)cc2)CC1(F)F.O=C(O)C(F)(F)F. The molecule has 10 nitrogen and oxygen atoms in total. The van der Waals surface area contributed by atoms with E-state index in [2.05, 4.69) is 0 Å². The number of amides is 1. The van der Waals surface area contributed by atoms with E-state index in [0.29, 0.717) is 31.4 Å². The number of carbonyl (C=O) groups excluding carboxylic acids is 1. The molecule has 0 radical (unpaired) electrons. The first kappa shape index (κ1) is 42.0. The minimum Gasteiger partial charge on any atom is -0.493 e. The molecule has 0 spiro atoms. The summed E-state index contributed by atoms with van der Waals surface area (Å²) in [6, 6.07) is 17.6. The van der Waals surface area contributed by atoms with Gasteiger partial charge in [-0.15, -0.1) is 0 Å². The molecule has 55 heavy (non-hydrogen) atoms. The summed E-state index contributed by atoms with van der Waals surface area (Å²) in [5.74, 6) is -5.93. The summed E-state index contributed by atoms with van der Waals surface area (Å²) in [6.45, 7) is 0.573. The molecular formula is C38H44F6N4O6S. The maximum absolute atomic E-state index is 14.6. The molecular weight excluding hydrogens is 754 g/mol. The molecule has 2 heterocycles. The van der Waals surface area contributed by atoms with Crippen molar-refractivity contribution in [1.29, 1.82) is 0 Å². The number of aliphatic carboxylic acids is 1. The highest BCUT2D eigenvalue weighted by molar-refractivity contribution is 7.89. The highest BCUT2D eigenvalue weighted by atomic mass is 32.2. The van der Waals surface area contributed by atoms with Crippen LogP contribution in [0.15, 0.2) is 77.7 Å². The fourth-order valence-electron chi connectivity index (χ4n) is 6.93. The molecule has 17 heteroatoms. The van der Waals surface area contributed by atoms with E-state index >= 15 is 0 Å². The number of halogens is 6. The fourth-order valence-corrected chi connectivity index (χ4v) is 8.49. The minimum absolute atomic E-state index is 0.0100. The number of hydrogen-bond acceptors (Lipinski definition) is 7. The van der Waals surface area contributed by atoms with Gasteiger partial charge >= 0.3 is 12.1 Å². The number of piperidine rings is 1. The maximum Gasteiger partial charge on any atom is 0.490 e. The number of carboxylic acids is 1. The Morgan fingerprint density at radius 1 is 0.855 bits per heavy atom. The van der Waals surface area contributed by atoms with Gasteiger partial charge in [0.05, 0.1) is 24.1 Å². The monoisotopic (exact) mass is 798 g/mol. The van der Waals surface area contributed by atoms with E-state index in [0.717, 1.165) is 38.7 Å². The molecule has 2 atom stereocenters. The van der Waals surface area contributed by atoms with Crippen LogP contribution in [0.2, 0.25) is 0 Å². The molecule has 300 valence electrons. The van der Waals surface area contributed by atoms with Gasteiger partial charge in [-0.1, -0.05) is 55.7 Å². The largest absolute Gasteiger partial charge is 0.493 e. The zero-order chi connectivity index (χ0) is 40.0. The zero-order valence-corrected chi connectivity index (χ0v) is 30.8. The predicted molar refractivity (Wildman–Crippen MR) is 191 cm³/mol. The van der Waals surface area contributed by atoms with Crippen molar-refractivity contribution in [3.8, 4) is 16.9 Å². The molecule has 0 aromatic heterocycles. The highest BCUT2D eigenvalue weighted by Gasteiger charge is 2.48. The number of hydrogen-bond donors (Lipinski definition) is 2. The van der Waals surface area contributed by atoms with E-state index in [4.69, 9.17) is 20.4 Å². The molecule has 3 aliphatic rings. The number of ether oxygens (including phenoxy) is 1. The van der Waals surface area contributed by atoms with Gasteiger partial charge in [0, 0.05) is 32.7 Å². The summed E-state index contributed by atoms with van der Waals surface area (Å²) in [4.78, 5) is 25.9. The van der Waals surface area contributed by atoms with Crippen LogP contribution in [0.3, 0.4) is 0 Å². The number of piperazine rings is 1. The number of benzene rings is 3. The van der Waals surface area contributed by atoms with Gasteiger partial charge in [0.2, 0.25) is 15.9 Å². The number of alkyl halides is 5. The van der Waals surface area contributed by atoms with Crippen molar-refractivity contribution in [3.05, 3.63) is 84.2 Å². The van der Waals surface area contributed by atoms with Crippen LogP contribution in [0.25, 0.3) is 11.1 Å². The van der Waals surface area contributed by atoms with Crippen molar-refractivity contribution in [3.63, 3.8) is 0 Å². The topological polar surface area (TPSA) is 133 Å². The molecule has 6 rings (SSSR count). The Bertz CT molecular complexity index is 1860. The van der Waals surface area contributed by atoms with E-state index < -0.39 is 52.6 Å². The molecule has 2 aliphatic heterocycles. The molecule has 1 amide bonds. The van der Waals surface area contributed by atoms with Gasteiger partial charge < -0.3 is 20.5 Å². The molecule has 2 saturated heterocycles. The van der Waals surface area contributed by atoms with Crippen LogP contribution in [0.1, 0.15) is 44.1 Å². The number of nitrogens with two attached hydrogens (primary N) is 1. The molecule has 0 unspecified atom stereocenters. The van der Waals surface area contributed by atoms with Gasteiger partial charge in [-0.3, -0.25) is 9.69 Å². The first-order valence-corrected chi connectivity index (χ1v) is 19.4. The molecule has 0 bridgehead atoms. The summed E-state index contributed by atoms with van der Waals surface area (Å²) in [5, 5.41) is 7.12. The third kappa shape index (κ3) is 11.0. The van der Waals surface area contributed by atoms with Crippen LogP contribution in [0, 0.1) is 11.7 Å². The molecule has 1 aliphatic carbocycles. The Morgan fingerprint density at radius 2 is 1.44 bits per heavy atom. The second kappa shape index (κ2) is 17.7. The average molecular weight is 799 g/mol. The van der Waals surface area contributed by atoms with Crippen molar-refractivity contribution < 1.29 is 54.2 Å². The molecule has 1 saturated carbocycles. The van der Waals surface area contributed by atoms with Gasteiger partial charge in [-0.2, -0.15) is 17.5 Å². The maximum atomic E-state index is 14.6. The lowest BCUT2D eigenvalue weighted by atomic mass is 9.90. The van der Waals surface area contributed by atoms with Gasteiger partial charge in [0.15, 0.2) is 0 Å². The van der Waals surface area contributed by atoms with Crippen LogP contribution in [0.4, 0.5) is 26.3 Å². The van der Waals surface area contributed by atoms with Crippen LogP contribution in [-0.4, -0.2) is 103 Å². The van der Waals surface area contributed by atoms with Gasteiger partial charge in [-0.25, -0.2) is 26.4 Å². The Labute approximate surface area is 315 Å². The lowest BCUT2D eigenvalue weighted by Crippen LogP contribution is -2.64. The Kier molecular flexibility index (Phi) is 13.5. The van der Waals surface area contributed by atoms with Gasteiger partial charge in [0.1, 0.15) is 17.6 Å². The van der Waals surface area contributed by atoms with Gasteiger partial charge in [0.25, 0.3) is 5.92 Å². The van der Waals surface area contributed by atoms with Crippen LogP contribution >= 0.6 is 0 Å². The first-order valence-electron chi connectivity index (χ1n) is 18.0. The van der Waals surface area contributed by atoms with Crippen molar-refractivity contribution in [2.24, 2.45) is 11.7 Å². The van der Waals surface area contributed by atoms with Gasteiger partial charge in [-0.05, 0) is 78.3 Å². The van der Waals surface area contributed by atoms with Crippen LogP contribution in [-0.2, 0) is 26.2 Å². The van der Waals surface area contributed by atoms with Crippen LogP contribution in [0.5, 0.6) is 5.75 Å². The average Bonchev–Trinajstić information content (AvgIpc) is 3.16. The number of nitrogens with zero attached hydrogens (tertiary/aromatic N) is 3. The lowest BCUT2D eigenvalue weighted by molar-refractivity contribution is -0.192. The second-order valence-electron chi connectivity index (χ2n) is 14.1. The van der Waals surface area contributed by atoms with E-state index in [1.165, 1.54) is 43.5 Å². The molecule has 3 aromatic carbocycles. The number of carboxylic acid groups (broad SMARTS) is 1. The van der Waals surface area contributed by atoms with E-state index in [-0.39, 0.29) is 36.8 Å². The van der Waals surface area contributed by atoms with Crippen molar-refractivity contribution in [2.75, 3.05) is 39.3 Å². The first-order chi connectivity index (χ1) is 25.9. The third-order valence-electron chi connectivity index (χ3n) is 10.1. The summed E-state index contributed by atoms with van der Waals surface area (Å²) in [6.07, 6.45) is 0.743. The Balaban J connectivity index is 0.000000757. The second-order valence-corrected chi connectivity index (χ2v) is 16.0. The minimum atomic E-state index is -5.08. The number of sulfonamides is 1. The van der Waals surface area contributed by atoms with E-state index in [1.807, 2.05) is 29.2 Å². The van der Waals surface area contributed by atoms with Crippen LogP contribution < -0.4 is 10.5 Å². The number of carbonyl (C=O) groups is 2. The Hall–Kier alpha value is -4.19. The third-order valence-corrected chi connectivity index (χ3v) is 12.0. The summed E-state index contributed by atoms with van der Waals surface area (Å²) >= 11 is 0. The summed E-state index contributed by atoms with van der Waals surface area (Å²) in [5.41, 5.74) is 8.35. The molecule has 3 N–H and O–H groups in total. The smallest absolute Gasteiger partial charge is 0.490 e. The van der Waals surface area contributed by atoms with Crippen molar-refractivity contribution >= 4 is 21.9 Å². The van der Waals surface area contributed by atoms with Crippen molar-refractivity contribution in [1.82, 2.24) is 14.1 Å². The lowest BCUT2D eigenvalue weighted by Gasteiger charge is -2.43. The quantitative estimate of drug-likeness (QED) is 0.247. The number of likely N-dealkylation sites (tertiary alicyclic amines) is 1. The van der Waals surface area contributed by atoms with E-state index in [9.17, 15) is 39.6 Å². The highest BCUT2D eigenvalue weighted by Crippen LogP contribution is 2.31. The normalized spacial score (nSPS) is 21.3. The standard InChI is InChI=1S/C36H43F3N4O4S.C2HF3O2/c37-30-12-10-29(11-13-30)28-8-6-26(7-9-28)22-41-20-21-43(33(23-41)35(44)42-19-18-34(40)36(38,39)25-42)48(45,46)32-16-14-31(15-17-32)47-24-27-4-2-1-3-5-27;3-2(4,5)1(6)7/h6-17,27,33-34H,1-5,18-25,40H2;(H,6,7)/t33-,34+;/m0./s1. The molecule has 3 aromatic rings. The fraction of sp³-hybridized carbons (Fsp3) is 0.474. The number of rotatable bonds is 9. The predicted octanol–water partition coefficient (Wildman–Crippen LogP) is 6.16. The Morgan fingerprint density at radius 3 is 2.00 bits per heavy atom. The van der Waals surface area contributed by atoms with E-state index in [1.54, 1.807) is 24.3 Å². The summed E-state index contributed by atoms with van der Waals surface area (Å²) < 4.78 is 110. The molecule has 3 fully saturated rings. The van der Waals surface area contributed by atoms with Crippen molar-refractivity contribution in [2.45, 2.75) is 74.1 Å². The summed E-state index contributed by atoms with van der Waals surface area (Å²) in [7, 11) is -4.16. The zero-order valence-electron chi connectivity index (χ0n) is 29.9.